The smallest absolute Gasteiger partial charge is 0.266 e. The number of nitrogens with one attached hydrogen (secondary N) is 2. The molecule has 1 amide bonds. The van der Waals surface area contributed by atoms with E-state index in [1.165, 1.54) is 0 Å². The Morgan fingerprint density at radius 3 is 2.73 bits per heavy atom. The van der Waals surface area contributed by atoms with Crippen LogP contribution in [0.2, 0.25) is 0 Å². The van der Waals surface area contributed by atoms with Gasteiger partial charge < -0.3 is 14.7 Å². The van der Waals surface area contributed by atoms with Crippen LogP contribution in [0, 0.1) is 22.1 Å². The van der Waals surface area contributed by atoms with Gasteiger partial charge in [-0.1, -0.05) is 13.8 Å². The predicted octanol–water partition coefficient (Wildman–Crippen LogP) is 3.68. The molecule has 1 saturated carbocycles. The maximum atomic E-state index is 12.4. The summed E-state index contributed by atoms with van der Waals surface area (Å²) in [6, 6.07) is 5.36. The van der Waals surface area contributed by atoms with Gasteiger partial charge in [-0.25, -0.2) is 0 Å². The lowest BCUT2D eigenvalue weighted by molar-refractivity contribution is -0.145. The van der Waals surface area contributed by atoms with Gasteiger partial charge in [0, 0.05) is 23.6 Å². The highest BCUT2D eigenvalue weighted by Gasteiger charge is 2.53. The van der Waals surface area contributed by atoms with E-state index in [2.05, 4.69) is 10.3 Å². The average Bonchev–Trinajstić information content (AvgIpc) is 2.76. The first-order chi connectivity index (χ1) is 10.3. The second-order valence-electron chi connectivity index (χ2n) is 6.49. The van der Waals surface area contributed by atoms with E-state index >= 15 is 0 Å². The van der Waals surface area contributed by atoms with E-state index in [1.54, 1.807) is 19.1 Å². The fourth-order valence-corrected chi connectivity index (χ4v) is 3.51. The minimum atomic E-state index is -0.299. The Morgan fingerprint density at radius 2 is 2.09 bits per heavy atom. The second-order valence-corrected chi connectivity index (χ2v) is 6.86. The number of Topliss-reactive ketones (excluding diaryl/α,β-unsaturated/α-hetero) is 1. The minimum absolute atomic E-state index is 0.0341. The summed E-state index contributed by atoms with van der Waals surface area (Å²) in [5, 5.41) is 2.90. The number of aromatic amines is 1. The van der Waals surface area contributed by atoms with E-state index in [0.29, 0.717) is 22.5 Å². The fraction of sp³-hybridized carbons (Fsp3) is 0.438. The van der Waals surface area contributed by atoms with E-state index in [0.717, 1.165) is 5.52 Å². The molecule has 0 radical (unpaired) electrons. The number of carbonyl (C=O) groups is 2. The van der Waals surface area contributed by atoms with Gasteiger partial charge in [-0.2, -0.15) is 0 Å². The van der Waals surface area contributed by atoms with Crippen molar-refractivity contribution in [3.63, 3.8) is 0 Å². The number of hydrogen-bond donors (Lipinski definition) is 2. The number of benzene rings is 1. The van der Waals surface area contributed by atoms with Gasteiger partial charge in [-0.3, -0.25) is 9.59 Å². The quantitative estimate of drug-likeness (QED) is 0.847. The number of carbonyl (C=O) groups excluding carboxylic acids is 2. The van der Waals surface area contributed by atoms with Crippen molar-refractivity contribution in [3.8, 4) is 0 Å². The van der Waals surface area contributed by atoms with Crippen molar-refractivity contribution >= 4 is 40.7 Å². The summed E-state index contributed by atoms with van der Waals surface area (Å²) in [5.41, 5.74) is 1.77. The molecule has 22 heavy (non-hydrogen) atoms. The van der Waals surface area contributed by atoms with Crippen molar-refractivity contribution in [3.05, 3.63) is 23.0 Å². The maximum Gasteiger partial charge on any atom is 0.266 e. The zero-order valence-electron chi connectivity index (χ0n) is 12.7. The average molecular weight is 318 g/mol. The molecule has 116 valence electrons. The second kappa shape index (κ2) is 5.05. The molecule has 1 heterocycles. The van der Waals surface area contributed by atoms with Crippen molar-refractivity contribution < 1.29 is 14.0 Å². The highest BCUT2D eigenvalue weighted by molar-refractivity contribution is 7.71. The largest absolute Gasteiger partial charge is 0.429 e. The molecular formula is C16H18N2O3S. The third kappa shape index (κ3) is 2.37. The van der Waals surface area contributed by atoms with Crippen LogP contribution in [0.4, 0.5) is 5.69 Å². The van der Waals surface area contributed by atoms with Crippen LogP contribution in [-0.2, 0) is 9.59 Å². The SMILES string of the molecule is CC(=O)[C@@H]1C[C@H](C(=O)Nc2ccc3[nH]c(=S)oc3c2)C1(C)C. The fourth-order valence-electron chi connectivity index (χ4n) is 3.31. The zero-order valence-corrected chi connectivity index (χ0v) is 13.5. The number of fused-ring (bicyclic) bond motifs is 1. The highest BCUT2D eigenvalue weighted by atomic mass is 32.1. The molecule has 1 aromatic carbocycles. The van der Waals surface area contributed by atoms with E-state index < -0.39 is 0 Å². The van der Waals surface area contributed by atoms with E-state index in [4.69, 9.17) is 16.6 Å². The molecule has 1 aliphatic carbocycles. The van der Waals surface area contributed by atoms with Crippen molar-refractivity contribution in [2.45, 2.75) is 27.2 Å². The van der Waals surface area contributed by atoms with E-state index in [1.807, 2.05) is 19.9 Å². The predicted molar refractivity (Wildman–Crippen MR) is 86.1 cm³/mol. The van der Waals surface area contributed by atoms with E-state index in [9.17, 15) is 9.59 Å². The van der Waals surface area contributed by atoms with Crippen LogP contribution in [0.15, 0.2) is 22.6 Å². The van der Waals surface area contributed by atoms with Gasteiger partial charge in [0.25, 0.3) is 4.84 Å². The first-order valence-electron chi connectivity index (χ1n) is 7.23. The van der Waals surface area contributed by atoms with Crippen LogP contribution in [0.5, 0.6) is 0 Å². The van der Waals surface area contributed by atoms with Gasteiger partial charge in [-0.15, -0.1) is 0 Å². The Balaban J connectivity index is 1.76. The molecule has 0 aliphatic heterocycles. The molecule has 1 aliphatic rings. The van der Waals surface area contributed by atoms with Crippen molar-refractivity contribution in [1.29, 1.82) is 0 Å². The topological polar surface area (TPSA) is 75.1 Å². The lowest BCUT2D eigenvalue weighted by Crippen LogP contribution is -2.53. The summed E-state index contributed by atoms with van der Waals surface area (Å²) < 4.78 is 5.34. The summed E-state index contributed by atoms with van der Waals surface area (Å²) in [5.74, 6) is -0.0986. The van der Waals surface area contributed by atoms with Crippen molar-refractivity contribution in [1.82, 2.24) is 4.98 Å². The number of hydrogen-bond acceptors (Lipinski definition) is 4. The standard InChI is InChI=1S/C16H18N2O3S/c1-8(19)10-7-11(16(10,2)3)14(20)17-9-4-5-12-13(6-9)21-15(22)18-12/h4-6,10-11H,7H2,1-3H3,(H,17,20)(H,18,22)/t10-,11+/m0/s1. The summed E-state index contributed by atoms with van der Waals surface area (Å²) in [4.78, 5) is 27.2. The molecule has 1 fully saturated rings. The Morgan fingerprint density at radius 1 is 1.36 bits per heavy atom. The van der Waals surface area contributed by atoms with Crippen LogP contribution in [-0.4, -0.2) is 16.7 Å². The number of aromatic nitrogens is 1. The van der Waals surface area contributed by atoms with Gasteiger partial charge in [0.05, 0.1) is 5.52 Å². The Bertz CT molecular complexity index is 818. The van der Waals surface area contributed by atoms with Crippen LogP contribution in [0.1, 0.15) is 27.2 Å². The summed E-state index contributed by atoms with van der Waals surface area (Å²) in [6.07, 6.45) is 0.612. The first kappa shape index (κ1) is 15.0. The van der Waals surface area contributed by atoms with Crippen LogP contribution < -0.4 is 5.32 Å². The molecule has 5 nitrogen and oxygen atoms in total. The lowest BCUT2D eigenvalue weighted by Gasteiger charge is -2.49. The van der Waals surface area contributed by atoms with Gasteiger partial charge in [-0.05, 0) is 43.1 Å². The molecule has 2 N–H and O–H groups in total. The highest BCUT2D eigenvalue weighted by Crippen LogP contribution is 2.52. The molecule has 0 spiro atoms. The molecule has 0 bridgehead atoms. The zero-order chi connectivity index (χ0) is 16.1. The Kier molecular flexibility index (Phi) is 3.44. The third-order valence-electron chi connectivity index (χ3n) is 4.76. The van der Waals surface area contributed by atoms with Crippen LogP contribution in [0.25, 0.3) is 11.1 Å². The summed E-state index contributed by atoms with van der Waals surface area (Å²) >= 11 is 4.94. The maximum absolute atomic E-state index is 12.4. The molecule has 3 rings (SSSR count). The number of oxazole rings is 1. The Labute approximate surface area is 133 Å². The van der Waals surface area contributed by atoms with Gasteiger partial charge in [0.15, 0.2) is 5.58 Å². The van der Waals surface area contributed by atoms with E-state index in [-0.39, 0.29) is 28.9 Å². The van der Waals surface area contributed by atoms with Gasteiger partial charge in [0.2, 0.25) is 5.91 Å². The number of rotatable bonds is 3. The van der Waals surface area contributed by atoms with Crippen LogP contribution >= 0.6 is 12.2 Å². The molecule has 1 aromatic heterocycles. The summed E-state index contributed by atoms with van der Waals surface area (Å²) in [6.45, 7) is 5.54. The third-order valence-corrected chi connectivity index (χ3v) is 4.95. The minimum Gasteiger partial charge on any atom is -0.429 e. The summed E-state index contributed by atoms with van der Waals surface area (Å²) in [7, 11) is 0. The van der Waals surface area contributed by atoms with Crippen molar-refractivity contribution in [2.24, 2.45) is 17.3 Å². The molecule has 6 heteroatoms. The number of amides is 1. The molecule has 0 saturated heterocycles. The number of H-pyrrole nitrogens is 1. The molecule has 0 unspecified atom stereocenters. The molecular weight excluding hydrogens is 300 g/mol. The first-order valence-corrected chi connectivity index (χ1v) is 7.64. The van der Waals surface area contributed by atoms with Crippen LogP contribution in [0.3, 0.4) is 0 Å². The molecule has 2 atom stereocenters. The molecule has 2 aromatic rings. The lowest BCUT2D eigenvalue weighted by atomic mass is 9.53. The Hall–Kier alpha value is -1.95. The normalized spacial score (nSPS) is 23.0. The van der Waals surface area contributed by atoms with Gasteiger partial charge in [0.1, 0.15) is 5.78 Å². The van der Waals surface area contributed by atoms with Gasteiger partial charge >= 0.3 is 0 Å². The number of ketones is 1. The monoisotopic (exact) mass is 318 g/mol. The van der Waals surface area contributed by atoms with Crippen molar-refractivity contribution in [2.75, 3.05) is 5.32 Å². The number of anilines is 1.